The van der Waals surface area contributed by atoms with Crippen LogP contribution in [0.3, 0.4) is 0 Å². The molecule has 1 saturated heterocycles. The van der Waals surface area contributed by atoms with Crippen LogP contribution in [-0.2, 0) is 14.3 Å². The molecule has 1 rings (SSSR count). The van der Waals surface area contributed by atoms with E-state index in [1.807, 2.05) is 0 Å². The molecule has 1 amide bonds. The van der Waals surface area contributed by atoms with Gasteiger partial charge in [-0.1, -0.05) is 103 Å². The van der Waals surface area contributed by atoms with Gasteiger partial charge in [0, 0.05) is 6.42 Å². The van der Waals surface area contributed by atoms with Gasteiger partial charge in [0.1, 0.15) is 6.04 Å². The zero-order valence-electron chi connectivity index (χ0n) is 19.6. The van der Waals surface area contributed by atoms with Crippen LogP contribution in [0.15, 0.2) is 12.2 Å². The maximum atomic E-state index is 11.7. The molecular formula is C26H47NO3. The van der Waals surface area contributed by atoms with Gasteiger partial charge in [-0.15, -0.1) is 0 Å². The third kappa shape index (κ3) is 15.5. The average molecular weight is 422 g/mol. The van der Waals surface area contributed by atoms with Crippen LogP contribution < -0.4 is 5.32 Å². The minimum Gasteiger partial charge on any atom is -0.464 e. The van der Waals surface area contributed by atoms with Crippen molar-refractivity contribution in [2.45, 2.75) is 135 Å². The first-order chi connectivity index (χ1) is 14.7. The fourth-order valence-electron chi connectivity index (χ4n) is 4.01. The van der Waals surface area contributed by atoms with Crippen molar-refractivity contribution in [3.8, 4) is 0 Å². The van der Waals surface area contributed by atoms with Gasteiger partial charge in [0.2, 0.25) is 5.91 Å². The van der Waals surface area contributed by atoms with Gasteiger partial charge >= 0.3 is 5.97 Å². The third-order valence-corrected chi connectivity index (χ3v) is 5.94. The lowest BCUT2D eigenvalue weighted by Gasteiger charge is -2.09. The Morgan fingerprint density at radius 2 is 1.33 bits per heavy atom. The van der Waals surface area contributed by atoms with E-state index in [2.05, 4.69) is 24.4 Å². The predicted octanol–water partition coefficient (Wildman–Crippen LogP) is 7.02. The molecule has 0 spiro atoms. The van der Waals surface area contributed by atoms with Crippen LogP contribution in [0.1, 0.15) is 129 Å². The van der Waals surface area contributed by atoms with Gasteiger partial charge in [-0.2, -0.15) is 0 Å². The lowest BCUT2D eigenvalue weighted by molar-refractivity contribution is -0.146. The van der Waals surface area contributed by atoms with E-state index < -0.39 is 6.04 Å². The molecule has 0 saturated carbocycles. The number of ether oxygens (including phenoxy) is 1. The molecule has 1 aliphatic heterocycles. The van der Waals surface area contributed by atoms with Crippen molar-refractivity contribution in [2.75, 3.05) is 6.61 Å². The molecule has 4 nitrogen and oxygen atoms in total. The van der Waals surface area contributed by atoms with Crippen molar-refractivity contribution < 1.29 is 14.3 Å². The van der Waals surface area contributed by atoms with E-state index in [0.29, 0.717) is 19.4 Å². The van der Waals surface area contributed by atoms with E-state index in [9.17, 15) is 9.59 Å². The Hall–Kier alpha value is -1.32. The normalized spacial score (nSPS) is 16.3. The van der Waals surface area contributed by atoms with Crippen LogP contribution in [0.25, 0.3) is 0 Å². The molecule has 30 heavy (non-hydrogen) atoms. The number of allylic oxidation sites excluding steroid dienone is 2. The summed E-state index contributed by atoms with van der Waals surface area (Å²) in [6.45, 7) is 2.68. The van der Waals surface area contributed by atoms with Crippen LogP contribution in [0.2, 0.25) is 0 Å². The summed E-state index contributed by atoms with van der Waals surface area (Å²) in [7, 11) is 0. The summed E-state index contributed by atoms with van der Waals surface area (Å²) in [4.78, 5) is 22.8. The molecule has 174 valence electrons. The smallest absolute Gasteiger partial charge is 0.328 e. The largest absolute Gasteiger partial charge is 0.464 e. The molecule has 1 heterocycles. The summed E-state index contributed by atoms with van der Waals surface area (Å²) >= 11 is 0. The highest BCUT2D eigenvalue weighted by Gasteiger charge is 2.28. The Balaban J connectivity index is 1.70. The van der Waals surface area contributed by atoms with E-state index in [4.69, 9.17) is 4.74 Å². The van der Waals surface area contributed by atoms with Gasteiger partial charge in [-0.05, 0) is 32.1 Å². The third-order valence-electron chi connectivity index (χ3n) is 5.94. The van der Waals surface area contributed by atoms with Crippen molar-refractivity contribution in [1.29, 1.82) is 0 Å². The first kappa shape index (κ1) is 26.7. The van der Waals surface area contributed by atoms with Crippen molar-refractivity contribution in [3.05, 3.63) is 12.2 Å². The number of hydrogen-bond acceptors (Lipinski definition) is 3. The van der Waals surface area contributed by atoms with Crippen LogP contribution in [-0.4, -0.2) is 24.5 Å². The van der Waals surface area contributed by atoms with Gasteiger partial charge in [-0.25, -0.2) is 4.79 Å². The monoisotopic (exact) mass is 421 g/mol. The molecule has 0 aromatic heterocycles. The predicted molar refractivity (Wildman–Crippen MR) is 125 cm³/mol. The highest BCUT2D eigenvalue weighted by Crippen LogP contribution is 2.14. The quantitative estimate of drug-likeness (QED) is 0.131. The molecule has 0 unspecified atom stereocenters. The molecule has 0 aromatic carbocycles. The summed E-state index contributed by atoms with van der Waals surface area (Å²) in [5.41, 5.74) is 0. The number of hydrogen-bond donors (Lipinski definition) is 1. The van der Waals surface area contributed by atoms with Gasteiger partial charge in [0.25, 0.3) is 0 Å². The summed E-state index contributed by atoms with van der Waals surface area (Å²) < 4.78 is 5.25. The Labute approximate surface area is 185 Å². The van der Waals surface area contributed by atoms with E-state index in [1.165, 1.54) is 96.3 Å². The van der Waals surface area contributed by atoms with Crippen LogP contribution in [0.5, 0.6) is 0 Å². The van der Waals surface area contributed by atoms with E-state index in [0.717, 1.165) is 12.8 Å². The molecule has 1 aliphatic rings. The standard InChI is InChI=1S/C26H47NO3/c1-2-3-4-5-6-7-8-9-10-11-12-13-14-15-16-17-18-19-20-23-30-26(29)24-21-22-25(28)27-24/h3-4,24H,2,5-23H2,1H3,(H,27,28)/b4-3+/t24-/m0/s1. The van der Waals surface area contributed by atoms with Gasteiger partial charge < -0.3 is 10.1 Å². The maximum absolute atomic E-state index is 11.7. The minimum absolute atomic E-state index is 0.0431. The molecular weight excluding hydrogens is 374 g/mol. The molecule has 1 atom stereocenters. The second-order valence-corrected chi connectivity index (χ2v) is 8.80. The molecule has 0 radical (unpaired) electrons. The Bertz CT molecular complexity index is 461. The van der Waals surface area contributed by atoms with Crippen molar-refractivity contribution in [1.82, 2.24) is 5.32 Å². The average Bonchev–Trinajstić information content (AvgIpc) is 3.18. The zero-order valence-corrected chi connectivity index (χ0v) is 19.6. The van der Waals surface area contributed by atoms with E-state index in [1.54, 1.807) is 0 Å². The zero-order chi connectivity index (χ0) is 21.7. The molecule has 0 aliphatic carbocycles. The Morgan fingerprint density at radius 1 is 0.833 bits per heavy atom. The highest BCUT2D eigenvalue weighted by molar-refractivity contribution is 5.87. The lowest BCUT2D eigenvalue weighted by atomic mass is 10.0. The molecule has 4 heteroatoms. The van der Waals surface area contributed by atoms with Crippen LogP contribution in [0, 0.1) is 0 Å². The number of nitrogens with one attached hydrogen (secondary N) is 1. The van der Waals surface area contributed by atoms with Crippen LogP contribution in [0.4, 0.5) is 0 Å². The van der Waals surface area contributed by atoms with Crippen molar-refractivity contribution >= 4 is 11.9 Å². The van der Waals surface area contributed by atoms with Crippen molar-refractivity contribution in [3.63, 3.8) is 0 Å². The van der Waals surface area contributed by atoms with Gasteiger partial charge in [-0.3, -0.25) is 4.79 Å². The lowest BCUT2D eigenvalue weighted by Crippen LogP contribution is -2.34. The summed E-state index contributed by atoms with van der Waals surface area (Å²) in [6, 6.07) is -0.407. The first-order valence-electron chi connectivity index (χ1n) is 12.8. The number of unbranched alkanes of at least 4 members (excludes halogenated alkanes) is 15. The fourth-order valence-corrected chi connectivity index (χ4v) is 4.01. The van der Waals surface area contributed by atoms with E-state index >= 15 is 0 Å². The molecule has 0 aromatic rings. The molecule has 0 bridgehead atoms. The maximum Gasteiger partial charge on any atom is 0.328 e. The number of rotatable bonds is 20. The summed E-state index contributed by atoms with van der Waals surface area (Å²) in [5.74, 6) is -0.306. The van der Waals surface area contributed by atoms with Gasteiger partial charge in [0.05, 0.1) is 6.61 Å². The van der Waals surface area contributed by atoms with E-state index in [-0.39, 0.29) is 11.9 Å². The van der Waals surface area contributed by atoms with Gasteiger partial charge in [0.15, 0.2) is 0 Å². The topological polar surface area (TPSA) is 55.4 Å². The molecule has 1 fully saturated rings. The number of amides is 1. The number of esters is 1. The van der Waals surface area contributed by atoms with Crippen molar-refractivity contribution in [2.24, 2.45) is 0 Å². The number of carbonyl (C=O) groups excluding carboxylic acids is 2. The molecule has 1 N–H and O–H groups in total. The highest BCUT2D eigenvalue weighted by atomic mass is 16.5. The Morgan fingerprint density at radius 3 is 1.80 bits per heavy atom. The second kappa shape index (κ2) is 19.6. The SMILES string of the molecule is CC/C=C/CCCCCCCCCCCCCCCCCOC(=O)[C@@H]1CCC(=O)N1. The second-order valence-electron chi connectivity index (χ2n) is 8.80. The Kier molecular flexibility index (Phi) is 17.5. The van der Waals surface area contributed by atoms with Crippen LogP contribution >= 0.6 is 0 Å². The first-order valence-corrected chi connectivity index (χ1v) is 12.8. The summed E-state index contributed by atoms with van der Waals surface area (Å²) in [6.07, 6.45) is 28.0. The minimum atomic E-state index is -0.407. The fraction of sp³-hybridized carbons (Fsp3) is 0.846. The summed E-state index contributed by atoms with van der Waals surface area (Å²) in [5, 5.41) is 2.65. The number of carbonyl (C=O) groups is 2.